The van der Waals surface area contributed by atoms with Gasteiger partial charge in [-0.05, 0) is 20.8 Å². The van der Waals surface area contributed by atoms with E-state index in [1.807, 2.05) is 0 Å². The molecule has 0 aliphatic rings. The third-order valence-corrected chi connectivity index (χ3v) is 2.53. The van der Waals surface area contributed by atoms with Crippen LogP contribution in [-0.4, -0.2) is 20.0 Å². The SMILES string of the molecule is CC(C)(C)S(=O)/C=C/C(=O)O. The van der Waals surface area contributed by atoms with Crippen molar-refractivity contribution in [3.8, 4) is 0 Å². The van der Waals surface area contributed by atoms with Gasteiger partial charge in [-0.3, -0.25) is 4.21 Å². The molecular formula is C7H12O3S. The molecule has 0 saturated heterocycles. The zero-order valence-electron chi connectivity index (χ0n) is 6.83. The highest BCUT2D eigenvalue weighted by molar-refractivity contribution is 7.89. The second-order valence-electron chi connectivity index (χ2n) is 3.05. The summed E-state index contributed by atoms with van der Waals surface area (Å²) in [4.78, 5) is 10.0. The molecule has 0 aliphatic carbocycles. The van der Waals surface area contributed by atoms with E-state index < -0.39 is 16.8 Å². The minimum absolute atomic E-state index is 0.383. The standard InChI is InChI=1S/C7H12O3S/c1-7(2,3)11(10)5-4-6(8)9/h4-5H,1-3H3,(H,8,9)/b5-4+. The van der Waals surface area contributed by atoms with E-state index in [1.54, 1.807) is 20.8 Å². The van der Waals surface area contributed by atoms with Gasteiger partial charge in [-0.25, -0.2) is 4.79 Å². The molecule has 0 amide bonds. The fourth-order valence-corrected chi connectivity index (χ4v) is 0.972. The monoisotopic (exact) mass is 176 g/mol. The van der Waals surface area contributed by atoms with Gasteiger partial charge in [0.05, 0.1) is 10.8 Å². The molecule has 1 N–H and O–H groups in total. The summed E-state index contributed by atoms with van der Waals surface area (Å²) in [5.41, 5.74) is 0. The quantitative estimate of drug-likeness (QED) is 0.642. The molecule has 0 fully saturated rings. The number of aliphatic carboxylic acids is 1. The van der Waals surface area contributed by atoms with E-state index in [9.17, 15) is 9.00 Å². The first-order valence-corrected chi connectivity index (χ1v) is 4.37. The van der Waals surface area contributed by atoms with Gasteiger partial charge in [-0.1, -0.05) is 0 Å². The predicted octanol–water partition coefficient (Wildman–Crippen LogP) is 1.13. The van der Waals surface area contributed by atoms with E-state index in [-0.39, 0.29) is 4.75 Å². The van der Waals surface area contributed by atoms with Gasteiger partial charge in [0.2, 0.25) is 0 Å². The maximum atomic E-state index is 11.1. The van der Waals surface area contributed by atoms with Gasteiger partial charge in [0, 0.05) is 16.2 Å². The average molecular weight is 176 g/mol. The van der Waals surface area contributed by atoms with Crippen LogP contribution in [-0.2, 0) is 15.6 Å². The molecule has 11 heavy (non-hydrogen) atoms. The summed E-state index contributed by atoms with van der Waals surface area (Å²) in [6, 6.07) is 0. The molecule has 0 saturated carbocycles. The fraction of sp³-hybridized carbons (Fsp3) is 0.571. The van der Waals surface area contributed by atoms with Crippen LogP contribution in [0.4, 0.5) is 0 Å². The van der Waals surface area contributed by atoms with Crippen LogP contribution in [0.25, 0.3) is 0 Å². The van der Waals surface area contributed by atoms with Gasteiger partial charge in [-0.15, -0.1) is 0 Å². The van der Waals surface area contributed by atoms with Gasteiger partial charge < -0.3 is 5.11 Å². The largest absolute Gasteiger partial charge is 0.478 e. The first-order chi connectivity index (χ1) is 4.84. The summed E-state index contributed by atoms with van der Waals surface area (Å²) in [6.45, 7) is 5.36. The van der Waals surface area contributed by atoms with Gasteiger partial charge >= 0.3 is 5.97 Å². The van der Waals surface area contributed by atoms with Gasteiger partial charge in [0.15, 0.2) is 0 Å². The van der Waals surface area contributed by atoms with Crippen LogP contribution in [0.15, 0.2) is 11.5 Å². The molecule has 0 bridgehead atoms. The molecule has 0 heterocycles. The van der Waals surface area contributed by atoms with Gasteiger partial charge in [0.1, 0.15) is 0 Å². The van der Waals surface area contributed by atoms with E-state index in [1.165, 1.54) is 5.41 Å². The molecule has 4 heteroatoms. The highest BCUT2D eigenvalue weighted by atomic mass is 32.2. The fourth-order valence-electron chi connectivity index (χ4n) is 0.324. The maximum Gasteiger partial charge on any atom is 0.328 e. The smallest absolute Gasteiger partial charge is 0.328 e. The number of hydrogen-bond acceptors (Lipinski definition) is 2. The first-order valence-electron chi connectivity index (χ1n) is 3.16. The second-order valence-corrected chi connectivity index (χ2v) is 5.14. The Balaban J connectivity index is 4.20. The highest BCUT2D eigenvalue weighted by Gasteiger charge is 2.16. The zero-order valence-corrected chi connectivity index (χ0v) is 7.64. The maximum absolute atomic E-state index is 11.1. The summed E-state index contributed by atoms with van der Waals surface area (Å²) < 4.78 is 10.7. The lowest BCUT2D eigenvalue weighted by atomic mass is 10.3. The Hall–Kier alpha value is -0.640. The van der Waals surface area contributed by atoms with Crippen molar-refractivity contribution in [2.75, 3.05) is 0 Å². The Morgan fingerprint density at radius 1 is 1.45 bits per heavy atom. The van der Waals surface area contributed by atoms with Gasteiger partial charge in [0.25, 0.3) is 0 Å². The molecule has 0 aromatic rings. The zero-order chi connectivity index (χ0) is 9.07. The lowest BCUT2D eigenvalue weighted by Crippen LogP contribution is -2.19. The summed E-state index contributed by atoms with van der Waals surface area (Å²) >= 11 is 0. The molecule has 0 aliphatic heterocycles. The minimum atomic E-state index is -1.22. The van der Waals surface area contributed by atoms with Crippen molar-refractivity contribution in [3.63, 3.8) is 0 Å². The first kappa shape index (κ1) is 10.4. The molecule has 1 unspecified atom stereocenters. The highest BCUT2D eigenvalue weighted by Crippen LogP contribution is 2.11. The third-order valence-electron chi connectivity index (χ3n) is 0.938. The number of hydrogen-bond donors (Lipinski definition) is 1. The van der Waals surface area contributed by atoms with E-state index >= 15 is 0 Å². The molecular weight excluding hydrogens is 164 g/mol. The molecule has 0 spiro atoms. The summed E-state index contributed by atoms with van der Waals surface area (Å²) in [7, 11) is -1.22. The summed E-state index contributed by atoms with van der Waals surface area (Å²) in [6.07, 6.45) is 0.904. The van der Waals surface area contributed by atoms with Crippen molar-refractivity contribution in [2.24, 2.45) is 0 Å². The number of carboxylic acid groups (broad SMARTS) is 1. The Labute approximate surface area is 68.6 Å². The van der Waals surface area contributed by atoms with Crippen LogP contribution < -0.4 is 0 Å². The molecule has 0 radical (unpaired) electrons. The average Bonchev–Trinajstić information content (AvgIpc) is 1.80. The van der Waals surface area contributed by atoms with Gasteiger partial charge in [-0.2, -0.15) is 0 Å². The van der Waals surface area contributed by atoms with Crippen molar-refractivity contribution in [2.45, 2.75) is 25.5 Å². The normalized spacial score (nSPS) is 15.2. The van der Waals surface area contributed by atoms with Crippen LogP contribution in [0.3, 0.4) is 0 Å². The van der Waals surface area contributed by atoms with Crippen molar-refractivity contribution < 1.29 is 14.1 Å². The van der Waals surface area contributed by atoms with Crippen LogP contribution >= 0.6 is 0 Å². The van der Waals surface area contributed by atoms with E-state index in [4.69, 9.17) is 5.11 Å². The molecule has 0 aromatic heterocycles. The van der Waals surface area contributed by atoms with Crippen LogP contribution in [0.2, 0.25) is 0 Å². The van der Waals surface area contributed by atoms with Crippen molar-refractivity contribution in [3.05, 3.63) is 11.5 Å². The molecule has 3 nitrogen and oxygen atoms in total. The Morgan fingerprint density at radius 3 is 2.18 bits per heavy atom. The summed E-state index contributed by atoms with van der Waals surface area (Å²) in [5.74, 6) is -1.07. The Bertz CT molecular complexity index is 200. The lowest BCUT2D eigenvalue weighted by molar-refractivity contribution is -0.131. The van der Waals surface area contributed by atoms with E-state index in [0.29, 0.717) is 0 Å². The number of carbonyl (C=O) groups is 1. The van der Waals surface area contributed by atoms with Crippen molar-refractivity contribution in [1.29, 1.82) is 0 Å². The topological polar surface area (TPSA) is 54.4 Å². The van der Waals surface area contributed by atoms with Crippen LogP contribution in [0.5, 0.6) is 0 Å². The van der Waals surface area contributed by atoms with Crippen molar-refractivity contribution >= 4 is 16.8 Å². The lowest BCUT2D eigenvalue weighted by Gasteiger charge is -2.13. The molecule has 0 rings (SSSR count). The van der Waals surface area contributed by atoms with Crippen molar-refractivity contribution in [1.82, 2.24) is 0 Å². The molecule has 64 valence electrons. The van der Waals surface area contributed by atoms with Crippen LogP contribution in [0, 0.1) is 0 Å². The van der Waals surface area contributed by atoms with E-state index in [0.717, 1.165) is 6.08 Å². The third kappa shape index (κ3) is 4.72. The summed E-state index contributed by atoms with van der Waals surface area (Å²) in [5, 5.41) is 9.40. The Kier molecular flexibility index (Phi) is 3.45. The number of carboxylic acids is 1. The second kappa shape index (κ2) is 3.67. The molecule has 0 aromatic carbocycles. The predicted molar refractivity (Wildman–Crippen MR) is 44.7 cm³/mol. The molecule has 1 atom stereocenters. The van der Waals surface area contributed by atoms with Crippen LogP contribution in [0.1, 0.15) is 20.8 Å². The Morgan fingerprint density at radius 2 is 1.91 bits per heavy atom. The minimum Gasteiger partial charge on any atom is -0.478 e. The number of rotatable bonds is 2. The van der Waals surface area contributed by atoms with E-state index in [2.05, 4.69) is 0 Å².